The van der Waals surface area contributed by atoms with E-state index in [9.17, 15) is 18.0 Å². The lowest BCUT2D eigenvalue weighted by Gasteiger charge is -2.14. The van der Waals surface area contributed by atoms with E-state index < -0.39 is 29.5 Å². The van der Waals surface area contributed by atoms with E-state index in [0.717, 1.165) is 13.2 Å². The Labute approximate surface area is 93.8 Å². The molecule has 0 spiro atoms. The molecule has 0 aliphatic rings. The zero-order valence-electron chi connectivity index (χ0n) is 8.83. The van der Waals surface area contributed by atoms with E-state index in [0.29, 0.717) is 0 Å². The van der Waals surface area contributed by atoms with Crippen molar-refractivity contribution in [1.29, 1.82) is 0 Å². The fourth-order valence-corrected chi connectivity index (χ4v) is 1.14. The molecule has 1 heterocycles. The Balaban J connectivity index is 3.37. The highest BCUT2D eigenvalue weighted by molar-refractivity contribution is 5.91. The van der Waals surface area contributed by atoms with Gasteiger partial charge in [0.05, 0.1) is 7.11 Å². The Morgan fingerprint density at radius 3 is 2.47 bits per heavy atom. The number of rotatable bonds is 3. The van der Waals surface area contributed by atoms with Gasteiger partial charge in [0.25, 0.3) is 5.88 Å². The summed E-state index contributed by atoms with van der Waals surface area (Å²) in [6.07, 6.45) is -5.02. The molecular formula is C9H8F3NO4. The zero-order chi connectivity index (χ0) is 13.2. The van der Waals surface area contributed by atoms with Crippen molar-refractivity contribution in [3.63, 3.8) is 0 Å². The standard InChI is InChI=1S/C9H8F3NO4/c1-4-3-5(8(14)15)6(7(13-4)16-2)17-9(10,11)12/h3H,1-2H3,(H,14,15). The molecule has 94 valence electrons. The second-order valence-corrected chi connectivity index (χ2v) is 3.00. The molecule has 0 aliphatic heterocycles. The van der Waals surface area contributed by atoms with Gasteiger partial charge in [-0.15, -0.1) is 13.2 Å². The van der Waals surface area contributed by atoms with Crippen LogP contribution in [0.2, 0.25) is 0 Å². The molecule has 0 atom stereocenters. The second-order valence-electron chi connectivity index (χ2n) is 3.00. The van der Waals surface area contributed by atoms with E-state index in [-0.39, 0.29) is 5.69 Å². The van der Waals surface area contributed by atoms with Gasteiger partial charge in [-0.05, 0) is 13.0 Å². The summed E-state index contributed by atoms with van der Waals surface area (Å²) in [5, 5.41) is 8.78. The van der Waals surface area contributed by atoms with Crippen LogP contribution in [-0.4, -0.2) is 29.5 Å². The van der Waals surface area contributed by atoms with Gasteiger partial charge in [-0.1, -0.05) is 0 Å². The average Bonchev–Trinajstić information content (AvgIpc) is 2.17. The minimum absolute atomic E-state index is 0.203. The summed E-state index contributed by atoms with van der Waals surface area (Å²) in [4.78, 5) is 14.4. The number of aromatic carboxylic acids is 1. The quantitative estimate of drug-likeness (QED) is 0.889. The summed E-state index contributed by atoms with van der Waals surface area (Å²) in [5.74, 6) is -3.05. The zero-order valence-corrected chi connectivity index (χ0v) is 8.83. The number of pyridine rings is 1. The Morgan fingerprint density at radius 1 is 1.47 bits per heavy atom. The molecule has 0 saturated heterocycles. The highest BCUT2D eigenvalue weighted by Gasteiger charge is 2.35. The highest BCUT2D eigenvalue weighted by atomic mass is 19.4. The third-order valence-electron chi connectivity index (χ3n) is 1.71. The van der Waals surface area contributed by atoms with Gasteiger partial charge < -0.3 is 14.6 Å². The Bertz CT molecular complexity index is 445. The van der Waals surface area contributed by atoms with Gasteiger partial charge in [0, 0.05) is 5.69 Å². The molecule has 0 saturated carbocycles. The number of aryl methyl sites for hydroxylation is 1. The number of nitrogens with zero attached hydrogens (tertiary/aromatic N) is 1. The van der Waals surface area contributed by atoms with Gasteiger partial charge in [0.2, 0.25) is 5.75 Å². The number of aromatic nitrogens is 1. The molecule has 0 amide bonds. The van der Waals surface area contributed by atoms with Crippen LogP contribution in [-0.2, 0) is 0 Å². The Morgan fingerprint density at radius 2 is 2.06 bits per heavy atom. The van der Waals surface area contributed by atoms with Crippen molar-refractivity contribution < 1.29 is 32.5 Å². The van der Waals surface area contributed by atoms with E-state index in [1.807, 2.05) is 0 Å². The van der Waals surface area contributed by atoms with Crippen molar-refractivity contribution in [1.82, 2.24) is 4.98 Å². The van der Waals surface area contributed by atoms with E-state index in [1.54, 1.807) is 0 Å². The summed E-state index contributed by atoms with van der Waals surface area (Å²) in [6, 6.07) is 0.964. The summed E-state index contributed by atoms with van der Waals surface area (Å²) in [5.41, 5.74) is -0.458. The van der Waals surface area contributed by atoms with Crippen LogP contribution < -0.4 is 9.47 Å². The van der Waals surface area contributed by atoms with Crippen molar-refractivity contribution in [2.24, 2.45) is 0 Å². The first kappa shape index (κ1) is 13.1. The predicted molar refractivity (Wildman–Crippen MR) is 49.2 cm³/mol. The molecule has 0 aliphatic carbocycles. The molecule has 0 bridgehead atoms. The third-order valence-corrected chi connectivity index (χ3v) is 1.71. The maximum Gasteiger partial charge on any atom is 0.573 e. The van der Waals surface area contributed by atoms with Crippen molar-refractivity contribution in [2.75, 3.05) is 7.11 Å². The Kier molecular flexibility index (Phi) is 3.45. The van der Waals surface area contributed by atoms with Crippen molar-refractivity contribution in [3.05, 3.63) is 17.3 Å². The smallest absolute Gasteiger partial charge is 0.478 e. The van der Waals surface area contributed by atoms with Gasteiger partial charge in [-0.3, -0.25) is 0 Å². The fourth-order valence-electron chi connectivity index (χ4n) is 1.14. The van der Waals surface area contributed by atoms with Crippen LogP contribution in [0.15, 0.2) is 6.07 Å². The number of hydrogen-bond donors (Lipinski definition) is 1. The Hall–Kier alpha value is -1.99. The van der Waals surface area contributed by atoms with E-state index in [2.05, 4.69) is 14.5 Å². The number of carboxylic acid groups (broad SMARTS) is 1. The van der Waals surface area contributed by atoms with E-state index in [1.165, 1.54) is 6.92 Å². The summed E-state index contributed by atoms with van der Waals surface area (Å²) < 4.78 is 44.5. The minimum atomic E-state index is -5.02. The molecule has 1 rings (SSSR count). The average molecular weight is 251 g/mol. The van der Waals surface area contributed by atoms with Gasteiger partial charge in [0.15, 0.2) is 0 Å². The molecule has 1 N–H and O–H groups in total. The molecule has 0 fully saturated rings. The SMILES string of the molecule is COc1nc(C)cc(C(=O)O)c1OC(F)(F)F. The number of carbonyl (C=O) groups is 1. The van der Waals surface area contributed by atoms with Crippen molar-refractivity contribution >= 4 is 5.97 Å². The van der Waals surface area contributed by atoms with Gasteiger partial charge in [-0.2, -0.15) is 0 Å². The first-order valence-electron chi connectivity index (χ1n) is 4.29. The lowest BCUT2D eigenvalue weighted by molar-refractivity contribution is -0.275. The minimum Gasteiger partial charge on any atom is -0.478 e. The van der Waals surface area contributed by atoms with Crippen LogP contribution >= 0.6 is 0 Å². The molecule has 17 heavy (non-hydrogen) atoms. The fraction of sp³-hybridized carbons (Fsp3) is 0.333. The van der Waals surface area contributed by atoms with E-state index >= 15 is 0 Å². The molecule has 8 heteroatoms. The van der Waals surface area contributed by atoms with Crippen LogP contribution in [0.1, 0.15) is 16.1 Å². The van der Waals surface area contributed by atoms with Crippen molar-refractivity contribution in [3.8, 4) is 11.6 Å². The number of alkyl halides is 3. The monoisotopic (exact) mass is 251 g/mol. The summed E-state index contributed by atoms with van der Waals surface area (Å²) >= 11 is 0. The highest BCUT2D eigenvalue weighted by Crippen LogP contribution is 2.34. The predicted octanol–water partition coefficient (Wildman–Crippen LogP) is 2.00. The third kappa shape index (κ3) is 3.23. The van der Waals surface area contributed by atoms with Crippen LogP contribution in [0.5, 0.6) is 11.6 Å². The largest absolute Gasteiger partial charge is 0.573 e. The summed E-state index contributed by atoms with van der Waals surface area (Å²) in [6.45, 7) is 1.42. The van der Waals surface area contributed by atoms with Gasteiger partial charge in [0.1, 0.15) is 5.56 Å². The molecular weight excluding hydrogens is 243 g/mol. The maximum absolute atomic E-state index is 12.1. The van der Waals surface area contributed by atoms with Crippen LogP contribution in [0.25, 0.3) is 0 Å². The first-order valence-corrected chi connectivity index (χ1v) is 4.29. The maximum atomic E-state index is 12.1. The number of hydrogen-bond acceptors (Lipinski definition) is 4. The molecule has 0 unspecified atom stereocenters. The molecule has 0 radical (unpaired) electrons. The van der Waals surface area contributed by atoms with Crippen LogP contribution in [0, 0.1) is 6.92 Å². The van der Waals surface area contributed by atoms with Gasteiger partial charge in [-0.25, -0.2) is 9.78 Å². The van der Waals surface area contributed by atoms with Gasteiger partial charge >= 0.3 is 12.3 Å². The topological polar surface area (TPSA) is 68.7 Å². The van der Waals surface area contributed by atoms with Crippen molar-refractivity contribution in [2.45, 2.75) is 13.3 Å². The molecule has 1 aromatic rings. The van der Waals surface area contributed by atoms with E-state index in [4.69, 9.17) is 5.11 Å². The number of ether oxygens (including phenoxy) is 2. The first-order chi connectivity index (χ1) is 7.74. The number of methoxy groups -OCH3 is 1. The normalized spacial score (nSPS) is 11.1. The van der Waals surface area contributed by atoms with Crippen LogP contribution in [0.3, 0.4) is 0 Å². The molecule has 1 aromatic heterocycles. The second kappa shape index (κ2) is 4.48. The molecule has 5 nitrogen and oxygen atoms in total. The van der Waals surface area contributed by atoms with Crippen LogP contribution in [0.4, 0.5) is 13.2 Å². The lowest BCUT2D eigenvalue weighted by atomic mass is 10.2. The molecule has 0 aromatic carbocycles. The lowest BCUT2D eigenvalue weighted by Crippen LogP contribution is -2.20. The number of carboxylic acids is 1. The number of halogens is 3. The summed E-state index contributed by atoms with van der Waals surface area (Å²) in [7, 11) is 1.07.